The minimum Gasteiger partial charge on any atom is 0 e. The molecule has 0 rings (SSSR count). The van der Waals surface area contributed by atoms with Gasteiger partial charge in [0, 0.05) is 21.1 Å². The maximum absolute atomic E-state index is 9.72. The Labute approximate surface area is 61.9 Å². The summed E-state index contributed by atoms with van der Waals surface area (Å²) in [5.41, 5.74) is 0. The van der Waals surface area contributed by atoms with Gasteiger partial charge in [0.1, 0.15) is 0 Å². The van der Waals surface area contributed by atoms with Crippen molar-refractivity contribution in [3.8, 4) is 0 Å². The van der Waals surface area contributed by atoms with Gasteiger partial charge in [-0.3, -0.25) is 0 Å². The van der Waals surface area contributed by atoms with Crippen molar-refractivity contribution in [2.24, 2.45) is 0 Å². The standard InChI is InChI=1S/C3H3O.Mo.Re/c1-2-3-4;;/h2H,1H2;;. The van der Waals surface area contributed by atoms with E-state index in [2.05, 4.69) is 6.58 Å². The predicted octanol–water partition coefficient (Wildman–Crippen LogP) is 0.243. The summed E-state index contributed by atoms with van der Waals surface area (Å²) in [5.74, 6) is 0. The summed E-state index contributed by atoms with van der Waals surface area (Å²) in [4.78, 5) is 9.72. The van der Waals surface area contributed by atoms with Crippen molar-refractivity contribution in [2.75, 3.05) is 0 Å². The first-order valence-electron chi connectivity index (χ1n) is 1.09. The summed E-state index contributed by atoms with van der Waals surface area (Å²) in [7, 11) is 0. The van der Waals surface area contributed by atoms with Crippen LogP contribution < -0.4 is 0 Å². The smallest absolute Gasteiger partial charge is 0 e. The monoisotopic (exact) mass is 340 g/mol. The molecule has 0 heterocycles. The molecular weight excluding hydrogens is 334 g/mol. The summed E-state index contributed by atoms with van der Waals surface area (Å²) >= 11 is 1.12. The molecule has 0 unspecified atom stereocenters. The number of carbonyl (C=O) groups is 1. The zero-order valence-electron chi connectivity index (χ0n) is 2.98. The molecule has 0 spiro atoms. The predicted molar refractivity (Wildman–Crippen MR) is 15.2 cm³/mol. The van der Waals surface area contributed by atoms with E-state index in [1.165, 1.54) is 6.08 Å². The third kappa shape index (κ3) is 8.83. The van der Waals surface area contributed by atoms with E-state index < -0.39 is 0 Å². The summed E-state index contributed by atoms with van der Waals surface area (Å²) in [5, 5.41) is 0. The minimum absolute atomic E-state index is 0. The Balaban J connectivity index is 0. The molecule has 0 bridgehead atoms. The van der Waals surface area contributed by atoms with Crippen molar-refractivity contribution < 1.29 is 45.1 Å². The Morgan fingerprint density at radius 3 is 2.00 bits per heavy atom. The van der Waals surface area contributed by atoms with Crippen LogP contribution in [0.5, 0.6) is 0 Å². The van der Waals surface area contributed by atoms with E-state index in [0.717, 1.165) is 19.2 Å². The van der Waals surface area contributed by atoms with Crippen LogP contribution in [0.4, 0.5) is 0 Å². The molecule has 0 radical (unpaired) electrons. The van der Waals surface area contributed by atoms with Gasteiger partial charge >= 0.3 is 40.9 Å². The topological polar surface area (TPSA) is 17.1 Å². The molecule has 0 fully saturated rings. The van der Waals surface area contributed by atoms with E-state index in [4.69, 9.17) is 0 Å². The van der Waals surface area contributed by atoms with Gasteiger partial charge in [0.2, 0.25) is 0 Å². The summed E-state index contributed by atoms with van der Waals surface area (Å²) in [6, 6.07) is 0. The molecule has 0 aromatic carbocycles. The molecule has 0 aromatic rings. The summed E-state index contributed by atoms with van der Waals surface area (Å²) in [6.45, 7) is 3.22. The van der Waals surface area contributed by atoms with Crippen molar-refractivity contribution >= 4 is 4.26 Å². The maximum atomic E-state index is 9.72. The van der Waals surface area contributed by atoms with Crippen LogP contribution in [0.3, 0.4) is 0 Å². The fraction of sp³-hybridized carbons (Fsp3) is 0. The van der Waals surface area contributed by atoms with E-state index in [9.17, 15) is 4.79 Å². The molecule has 34 valence electrons. The van der Waals surface area contributed by atoms with Crippen molar-refractivity contribution in [1.29, 1.82) is 0 Å². The van der Waals surface area contributed by atoms with Crippen LogP contribution in [-0.4, -0.2) is 4.26 Å². The first-order chi connectivity index (χ1) is 2.27. The maximum Gasteiger partial charge on any atom is 0 e. The number of hydrogen-bond donors (Lipinski definition) is 0. The second-order valence-corrected chi connectivity index (χ2v) is 1.85. The van der Waals surface area contributed by atoms with Crippen molar-refractivity contribution in [3.63, 3.8) is 0 Å². The average molecular weight is 337 g/mol. The van der Waals surface area contributed by atoms with Crippen molar-refractivity contribution in [2.45, 2.75) is 0 Å². The van der Waals surface area contributed by atoms with Gasteiger partial charge in [-0.2, -0.15) is 0 Å². The number of rotatable bonds is 1. The van der Waals surface area contributed by atoms with Crippen LogP contribution in [0, 0.1) is 0 Å². The molecule has 0 saturated heterocycles. The molecule has 0 aromatic heterocycles. The van der Waals surface area contributed by atoms with Crippen LogP contribution in [-0.2, 0) is 45.1 Å². The zero-order chi connectivity index (χ0) is 4.28. The molecule has 0 aliphatic carbocycles. The first-order valence-corrected chi connectivity index (χ1v) is 2.45. The van der Waals surface area contributed by atoms with Gasteiger partial charge in [-0.05, 0) is 0 Å². The van der Waals surface area contributed by atoms with Crippen LogP contribution in [0.25, 0.3) is 0 Å². The molecule has 3 heteroatoms. The molecule has 0 amide bonds. The van der Waals surface area contributed by atoms with Gasteiger partial charge < -0.3 is 0 Å². The Morgan fingerprint density at radius 2 is 2.00 bits per heavy atom. The van der Waals surface area contributed by atoms with Crippen molar-refractivity contribution in [1.82, 2.24) is 0 Å². The van der Waals surface area contributed by atoms with Gasteiger partial charge in [0.25, 0.3) is 0 Å². The van der Waals surface area contributed by atoms with Crippen LogP contribution in [0.1, 0.15) is 0 Å². The molecule has 0 saturated carbocycles. The number of hydrogen-bond acceptors (Lipinski definition) is 1. The fourth-order valence-electron chi connectivity index (χ4n) is 0. The van der Waals surface area contributed by atoms with Gasteiger partial charge in [-0.1, -0.05) is 0 Å². The quantitative estimate of drug-likeness (QED) is 0.495. The van der Waals surface area contributed by atoms with E-state index in [1.54, 1.807) is 0 Å². The largest absolute Gasteiger partial charge is 0 e. The van der Waals surface area contributed by atoms with E-state index >= 15 is 0 Å². The molecule has 6 heavy (non-hydrogen) atoms. The molecule has 0 aliphatic rings. The number of carbonyl (C=O) groups excluding carboxylic acids is 1. The minimum atomic E-state index is 0. The number of allylic oxidation sites excluding steroid dienone is 1. The summed E-state index contributed by atoms with van der Waals surface area (Å²) in [6.07, 6.45) is 1.30. The van der Waals surface area contributed by atoms with E-state index in [1.807, 2.05) is 0 Å². The molecule has 0 atom stereocenters. The van der Waals surface area contributed by atoms with Gasteiger partial charge in [0.05, 0.1) is 0 Å². The average Bonchev–Trinajstić information content (AvgIpc) is 1.38. The Morgan fingerprint density at radius 1 is 1.83 bits per heavy atom. The second kappa shape index (κ2) is 5.76. The zero-order valence-corrected chi connectivity index (χ0v) is 7.70. The molecule has 1 nitrogen and oxygen atoms in total. The molecule has 0 aliphatic heterocycles. The van der Waals surface area contributed by atoms with E-state index in [0.29, 0.717) is 0 Å². The third-order valence-corrected chi connectivity index (χ3v) is 0.715. The van der Waals surface area contributed by atoms with Gasteiger partial charge in [-0.15, -0.1) is 0 Å². The van der Waals surface area contributed by atoms with Crippen LogP contribution >= 0.6 is 0 Å². The summed E-state index contributed by atoms with van der Waals surface area (Å²) < 4.78 is 0.0741. The van der Waals surface area contributed by atoms with Crippen molar-refractivity contribution in [3.05, 3.63) is 12.7 Å². The van der Waals surface area contributed by atoms with Gasteiger partial charge in [-0.25, -0.2) is 0 Å². The Hall–Kier alpha value is 0.761. The fourth-order valence-corrected chi connectivity index (χ4v) is 0. The third-order valence-electron chi connectivity index (χ3n) is 0.160. The molecular formula is C3H3MoORe. The van der Waals surface area contributed by atoms with E-state index in [-0.39, 0.29) is 25.3 Å². The van der Waals surface area contributed by atoms with Gasteiger partial charge in [0.15, 0.2) is 0 Å². The van der Waals surface area contributed by atoms with Crippen LogP contribution in [0.15, 0.2) is 12.7 Å². The SMILES string of the molecule is C=C[C](=O)[Re].[Mo]. The second-order valence-electron chi connectivity index (χ2n) is 0.508. The Kier molecular flexibility index (Phi) is 9.50. The van der Waals surface area contributed by atoms with Crippen LogP contribution in [0.2, 0.25) is 0 Å². The molecule has 0 N–H and O–H groups in total. The normalized spacial score (nSPS) is 5.50. The Bertz CT molecular complexity index is 61.8. The first kappa shape index (κ1) is 9.90.